The molecule has 1 aromatic carbocycles. The minimum absolute atomic E-state index is 0.111. The number of halogens is 3. The van der Waals surface area contributed by atoms with Crippen LogP contribution in [0.2, 0.25) is 0 Å². The summed E-state index contributed by atoms with van der Waals surface area (Å²) in [6, 6.07) is 9.31. The first-order chi connectivity index (χ1) is 15.1. The number of rotatable bonds is 9. The lowest BCUT2D eigenvalue weighted by atomic mass is 10.0. The molecule has 9 heteroatoms. The molecule has 0 atom stereocenters. The number of aryl methyl sites for hydroxylation is 1. The van der Waals surface area contributed by atoms with Crippen molar-refractivity contribution in [1.29, 1.82) is 0 Å². The first-order valence-corrected chi connectivity index (χ1v) is 10.2. The molecule has 2 heterocycles. The number of aliphatic carboxylic acids is 1. The average molecular weight is 447 g/mol. The van der Waals surface area contributed by atoms with Crippen molar-refractivity contribution in [3.63, 3.8) is 0 Å². The van der Waals surface area contributed by atoms with E-state index in [4.69, 9.17) is 9.84 Å². The number of carboxylic acids is 1. The van der Waals surface area contributed by atoms with Gasteiger partial charge in [-0.15, -0.1) is 0 Å². The van der Waals surface area contributed by atoms with Crippen molar-refractivity contribution in [2.45, 2.75) is 45.2 Å². The summed E-state index contributed by atoms with van der Waals surface area (Å²) in [4.78, 5) is 14.9. The molecule has 0 aliphatic rings. The number of hydrogen-bond acceptors (Lipinski definition) is 4. The predicted octanol–water partition coefficient (Wildman–Crippen LogP) is 5.05. The zero-order valence-corrected chi connectivity index (χ0v) is 17.8. The number of alkyl halides is 3. The van der Waals surface area contributed by atoms with Crippen LogP contribution in [0.25, 0.3) is 5.82 Å². The van der Waals surface area contributed by atoms with E-state index in [9.17, 15) is 18.0 Å². The molecule has 0 saturated heterocycles. The summed E-state index contributed by atoms with van der Waals surface area (Å²) in [5.41, 5.74) is 1.62. The molecular formula is C23H24F3N3O3. The zero-order chi connectivity index (χ0) is 23.3. The number of ether oxygens (including phenoxy) is 1. The highest BCUT2D eigenvalue weighted by Crippen LogP contribution is 2.29. The molecular weight excluding hydrogens is 423 g/mol. The van der Waals surface area contributed by atoms with E-state index in [2.05, 4.69) is 10.1 Å². The van der Waals surface area contributed by atoms with Gasteiger partial charge in [-0.3, -0.25) is 4.79 Å². The highest BCUT2D eigenvalue weighted by atomic mass is 19.4. The Bertz CT molecular complexity index is 1060. The molecule has 0 radical (unpaired) electrons. The molecule has 0 aliphatic heterocycles. The Balaban J connectivity index is 1.67. The van der Waals surface area contributed by atoms with Gasteiger partial charge in [0.15, 0.2) is 5.82 Å². The summed E-state index contributed by atoms with van der Waals surface area (Å²) in [6.45, 7) is 4.38. The second kappa shape index (κ2) is 9.84. The van der Waals surface area contributed by atoms with Crippen LogP contribution in [0.4, 0.5) is 13.2 Å². The first-order valence-electron chi connectivity index (χ1n) is 10.2. The maximum Gasteiger partial charge on any atom is 0.417 e. The first kappa shape index (κ1) is 23.3. The number of para-hydroxylation sites is 1. The van der Waals surface area contributed by atoms with Gasteiger partial charge in [0, 0.05) is 18.0 Å². The third-order valence-electron chi connectivity index (χ3n) is 4.84. The molecule has 1 N–H and O–H groups in total. The van der Waals surface area contributed by atoms with Gasteiger partial charge in [0.1, 0.15) is 5.75 Å². The predicted molar refractivity (Wildman–Crippen MR) is 112 cm³/mol. The topological polar surface area (TPSA) is 77.2 Å². The van der Waals surface area contributed by atoms with Gasteiger partial charge >= 0.3 is 12.1 Å². The number of pyridine rings is 1. The lowest BCUT2D eigenvalue weighted by molar-refractivity contribution is -0.138. The van der Waals surface area contributed by atoms with Crippen molar-refractivity contribution in [1.82, 2.24) is 14.8 Å². The van der Waals surface area contributed by atoms with Gasteiger partial charge in [-0.2, -0.15) is 18.3 Å². The number of hydrogen-bond donors (Lipinski definition) is 1. The lowest BCUT2D eigenvalue weighted by Gasteiger charge is -2.10. The van der Waals surface area contributed by atoms with E-state index in [1.165, 1.54) is 10.7 Å². The molecule has 0 bridgehead atoms. The molecule has 0 fully saturated rings. The second-order valence-electron chi connectivity index (χ2n) is 7.67. The van der Waals surface area contributed by atoms with Crippen LogP contribution in [0.5, 0.6) is 5.75 Å². The molecule has 3 rings (SSSR count). The molecule has 0 spiro atoms. The van der Waals surface area contributed by atoms with Gasteiger partial charge < -0.3 is 9.84 Å². The van der Waals surface area contributed by atoms with E-state index in [1.54, 1.807) is 30.5 Å². The van der Waals surface area contributed by atoms with E-state index in [0.29, 0.717) is 36.6 Å². The van der Waals surface area contributed by atoms with Crippen LogP contribution in [0.15, 0.2) is 48.8 Å². The molecule has 2 aromatic heterocycles. The Labute approximate surface area is 183 Å². The van der Waals surface area contributed by atoms with Crippen molar-refractivity contribution in [2.24, 2.45) is 0 Å². The van der Waals surface area contributed by atoms with Crippen molar-refractivity contribution < 1.29 is 27.8 Å². The summed E-state index contributed by atoms with van der Waals surface area (Å²) >= 11 is 0. The molecule has 0 aliphatic carbocycles. The van der Waals surface area contributed by atoms with Crippen LogP contribution in [0, 0.1) is 0 Å². The minimum Gasteiger partial charge on any atom is -0.493 e. The fraction of sp³-hybridized carbons (Fsp3) is 0.348. The Morgan fingerprint density at radius 2 is 1.91 bits per heavy atom. The molecule has 0 saturated carbocycles. The summed E-state index contributed by atoms with van der Waals surface area (Å²) in [7, 11) is 0. The number of carboxylic acid groups (broad SMARTS) is 1. The van der Waals surface area contributed by atoms with Crippen LogP contribution >= 0.6 is 0 Å². The van der Waals surface area contributed by atoms with Gasteiger partial charge in [-0.05, 0) is 42.5 Å². The fourth-order valence-corrected chi connectivity index (χ4v) is 3.31. The van der Waals surface area contributed by atoms with Gasteiger partial charge in [0.2, 0.25) is 0 Å². The van der Waals surface area contributed by atoms with E-state index < -0.39 is 17.7 Å². The Morgan fingerprint density at radius 3 is 2.53 bits per heavy atom. The van der Waals surface area contributed by atoms with Crippen LogP contribution in [-0.2, 0) is 23.8 Å². The largest absolute Gasteiger partial charge is 0.493 e. The normalized spacial score (nSPS) is 11.7. The third-order valence-corrected chi connectivity index (χ3v) is 4.84. The SMILES string of the molecule is CC(C)c1nn(-c2ccc(C(F)(F)F)cn2)cc1CCCOc1ccccc1CC(=O)O. The van der Waals surface area contributed by atoms with Crippen molar-refractivity contribution in [3.05, 3.63) is 71.2 Å². The monoisotopic (exact) mass is 447 g/mol. The highest BCUT2D eigenvalue weighted by molar-refractivity contribution is 5.71. The van der Waals surface area contributed by atoms with E-state index >= 15 is 0 Å². The lowest BCUT2D eigenvalue weighted by Crippen LogP contribution is -2.07. The van der Waals surface area contributed by atoms with Crippen LogP contribution < -0.4 is 4.74 Å². The molecule has 170 valence electrons. The summed E-state index contributed by atoms with van der Waals surface area (Å²) in [6.07, 6.45) is -0.659. The van der Waals surface area contributed by atoms with Crippen LogP contribution in [0.3, 0.4) is 0 Å². The average Bonchev–Trinajstić information content (AvgIpc) is 3.16. The smallest absolute Gasteiger partial charge is 0.417 e. The standard InChI is InChI=1S/C23H24F3N3O3/c1-15(2)22-17(7-5-11-32-19-8-4-3-6-16(19)12-21(30)31)14-29(28-22)20-10-9-18(13-27-20)23(24,25)26/h3-4,6,8-10,13-15H,5,7,11-12H2,1-2H3,(H,30,31). The molecule has 3 aromatic rings. The van der Waals surface area contributed by atoms with Gasteiger partial charge in [0.05, 0.1) is 24.3 Å². The molecule has 6 nitrogen and oxygen atoms in total. The zero-order valence-electron chi connectivity index (χ0n) is 17.8. The summed E-state index contributed by atoms with van der Waals surface area (Å²) in [5.74, 6) is 0.0541. The number of nitrogens with zero attached hydrogens (tertiary/aromatic N) is 3. The van der Waals surface area contributed by atoms with Gasteiger partial charge in [-0.1, -0.05) is 32.0 Å². The van der Waals surface area contributed by atoms with Crippen LogP contribution in [-0.4, -0.2) is 32.4 Å². The van der Waals surface area contributed by atoms with E-state index in [0.717, 1.165) is 23.5 Å². The third kappa shape index (κ3) is 5.87. The number of carbonyl (C=O) groups is 1. The van der Waals surface area contributed by atoms with Crippen LogP contribution in [0.1, 0.15) is 48.6 Å². The maximum atomic E-state index is 12.8. The second-order valence-corrected chi connectivity index (χ2v) is 7.67. The summed E-state index contributed by atoms with van der Waals surface area (Å²) in [5, 5.41) is 13.5. The van der Waals surface area contributed by atoms with Gasteiger partial charge in [-0.25, -0.2) is 9.67 Å². The van der Waals surface area contributed by atoms with Crippen molar-refractivity contribution in [2.75, 3.05) is 6.61 Å². The maximum absolute atomic E-state index is 12.8. The van der Waals surface area contributed by atoms with E-state index in [1.807, 2.05) is 13.8 Å². The minimum atomic E-state index is -4.44. The van der Waals surface area contributed by atoms with E-state index in [-0.39, 0.29) is 12.3 Å². The van der Waals surface area contributed by atoms with Crippen molar-refractivity contribution in [3.8, 4) is 11.6 Å². The summed E-state index contributed by atoms with van der Waals surface area (Å²) < 4.78 is 45.6. The molecule has 0 amide bonds. The fourth-order valence-electron chi connectivity index (χ4n) is 3.31. The van der Waals surface area contributed by atoms with Crippen molar-refractivity contribution >= 4 is 5.97 Å². The van der Waals surface area contributed by atoms with Gasteiger partial charge in [0.25, 0.3) is 0 Å². The molecule has 0 unspecified atom stereocenters. The Hall–Kier alpha value is -3.36. The highest BCUT2D eigenvalue weighted by Gasteiger charge is 2.30. The Kier molecular flexibility index (Phi) is 7.17. The quantitative estimate of drug-likeness (QED) is 0.465. The molecule has 32 heavy (non-hydrogen) atoms. The Morgan fingerprint density at radius 1 is 1.16 bits per heavy atom. The number of aromatic nitrogens is 3. The number of benzene rings is 1.